The van der Waals surface area contributed by atoms with Crippen LogP contribution < -0.4 is 15.5 Å². The van der Waals surface area contributed by atoms with Crippen molar-refractivity contribution in [1.82, 2.24) is 5.43 Å². The SMILES string of the molecule is COc1ccc(/C=N/NC(=O)CNc2cccc3ccccc23)cc1Cl. The molecular weight excluding hydrogens is 350 g/mol. The molecule has 0 aliphatic rings. The van der Waals surface area contributed by atoms with Gasteiger partial charge in [0.05, 0.1) is 24.9 Å². The van der Waals surface area contributed by atoms with Crippen LogP contribution >= 0.6 is 11.6 Å². The molecule has 0 saturated carbocycles. The first kappa shape index (κ1) is 17.8. The first-order valence-corrected chi connectivity index (χ1v) is 8.42. The van der Waals surface area contributed by atoms with Crippen LogP contribution in [0.2, 0.25) is 5.02 Å². The van der Waals surface area contributed by atoms with Gasteiger partial charge in [-0.3, -0.25) is 4.79 Å². The van der Waals surface area contributed by atoms with E-state index >= 15 is 0 Å². The number of hydrogen-bond donors (Lipinski definition) is 2. The lowest BCUT2D eigenvalue weighted by Gasteiger charge is -2.08. The molecule has 0 radical (unpaired) electrons. The zero-order valence-corrected chi connectivity index (χ0v) is 15.0. The molecule has 1 amide bonds. The molecule has 0 saturated heterocycles. The lowest BCUT2D eigenvalue weighted by molar-refractivity contribution is -0.119. The van der Waals surface area contributed by atoms with Gasteiger partial charge in [0, 0.05) is 11.1 Å². The molecule has 3 aromatic carbocycles. The number of amides is 1. The van der Waals surface area contributed by atoms with Crippen LogP contribution in [0.4, 0.5) is 5.69 Å². The van der Waals surface area contributed by atoms with E-state index in [0.29, 0.717) is 10.8 Å². The van der Waals surface area contributed by atoms with Crippen molar-refractivity contribution in [3.63, 3.8) is 0 Å². The van der Waals surface area contributed by atoms with Gasteiger partial charge in [0.15, 0.2) is 0 Å². The summed E-state index contributed by atoms with van der Waals surface area (Å²) in [6.07, 6.45) is 1.53. The molecule has 0 heterocycles. The number of rotatable bonds is 6. The maximum absolute atomic E-state index is 12.0. The fourth-order valence-electron chi connectivity index (χ4n) is 2.54. The fourth-order valence-corrected chi connectivity index (χ4v) is 2.80. The Bertz CT molecular complexity index is 951. The topological polar surface area (TPSA) is 62.7 Å². The molecule has 6 heteroatoms. The van der Waals surface area contributed by atoms with Crippen molar-refractivity contribution >= 4 is 40.2 Å². The van der Waals surface area contributed by atoms with Gasteiger partial charge in [-0.05, 0) is 35.2 Å². The standard InChI is InChI=1S/C20H18ClN3O2/c1-26-19-10-9-14(11-17(19)21)12-23-24-20(25)13-22-18-8-4-6-15-5-2-3-7-16(15)18/h2-12,22H,13H2,1H3,(H,24,25)/b23-12+. The molecule has 132 valence electrons. The van der Waals surface area contributed by atoms with E-state index in [0.717, 1.165) is 22.0 Å². The number of anilines is 1. The third kappa shape index (κ3) is 4.32. The molecule has 2 N–H and O–H groups in total. The van der Waals surface area contributed by atoms with Gasteiger partial charge in [0.25, 0.3) is 5.91 Å². The Balaban J connectivity index is 1.56. The van der Waals surface area contributed by atoms with Gasteiger partial charge in [-0.2, -0.15) is 5.10 Å². The van der Waals surface area contributed by atoms with Crippen molar-refractivity contribution in [2.45, 2.75) is 0 Å². The van der Waals surface area contributed by atoms with Gasteiger partial charge in [-0.15, -0.1) is 0 Å². The summed E-state index contributed by atoms with van der Waals surface area (Å²) in [6, 6.07) is 19.2. The van der Waals surface area contributed by atoms with Crippen molar-refractivity contribution in [1.29, 1.82) is 0 Å². The molecule has 0 aliphatic heterocycles. The molecule has 3 rings (SSSR count). The summed E-state index contributed by atoms with van der Waals surface area (Å²) in [5, 5.41) is 9.76. The van der Waals surface area contributed by atoms with Crippen molar-refractivity contribution in [3.8, 4) is 5.75 Å². The minimum absolute atomic E-state index is 0.120. The van der Waals surface area contributed by atoms with Crippen LogP contribution in [0, 0.1) is 0 Å². The average molecular weight is 368 g/mol. The molecule has 3 aromatic rings. The average Bonchev–Trinajstić information content (AvgIpc) is 2.66. The fraction of sp³-hybridized carbons (Fsp3) is 0.100. The molecule has 0 atom stereocenters. The van der Waals surface area contributed by atoms with E-state index in [1.165, 1.54) is 6.21 Å². The van der Waals surface area contributed by atoms with Crippen LogP contribution in [-0.2, 0) is 4.79 Å². The number of fused-ring (bicyclic) bond motifs is 1. The van der Waals surface area contributed by atoms with E-state index in [2.05, 4.69) is 15.8 Å². The number of carbonyl (C=O) groups is 1. The summed E-state index contributed by atoms with van der Waals surface area (Å²) < 4.78 is 5.09. The molecule has 0 fully saturated rings. The first-order chi connectivity index (χ1) is 12.7. The number of benzene rings is 3. The van der Waals surface area contributed by atoms with E-state index in [4.69, 9.17) is 16.3 Å². The molecule has 0 unspecified atom stereocenters. The Labute approximate surface area is 156 Å². The predicted octanol–water partition coefficient (Wildman–Crippen LogP) is 4.06. The highest BCUT2D eigenvalue weighted by Gasteiger charge is 2.03. The Kier molecular flexibility index (Phi) is 5.71. The third-order valence-electron chi connectivity index (χ3n) is 3.81. The number of hydrazone groups is 1. The molecule has 0 bridgehead atoms. The monoisotopic (exact) mass is 367 g/mol. The van der Waals surface area contributed by atoms with Crippen molar-refractivity contribution < 1.29 is 9.53 Å². The van der Waals surface area contributed by atoms with Crippen LogP contribution in [0.5, 0.6) is 5.75 Å². The normalized spacial score (nSPS) is 10.8. The van der Waals surface area contributed by atoms with E-state index in [1.54, 1.807) is 25.3 Å². The van der Waals surface area contributed by atoms with Gasteiger partial charge in [0.1, 0.15) is 5.75 Å². The van der Waals surface area contributed by atoms with E-state index in [9.17, 15) is 4.79 Å². The van der Waals surface area contributed by atoms with E-state index < -0.39 is 0 Å². The number of nitrogens with zero attached hydrogens (tertiary/aromatic N) is 1. The molecule has 26 heavy (non-hydrogen) atoms. The number of hydrogen-bond acceptors (Lipinski definition) is 4. The zero-order valence-electron chi connectivity index (χ0n) is 14.2. The predicted molar refractivity (Wildman–Crippen MR) is 106 cm³/mol. The Morgan fingerprint density at radius 3 is 2.77 bits per heavy atom. The summed E-state index contributed by atoms with van der Waals surface area (Å²) in [4.78, 5) is 12.0. The Morgan fingerprint density at radius 2 is 1.96 bits per heavy atom. The molecule has 0 aromatic heterocycles. The number of methoxy groups -OCH3 is 1. The summed E-state index contributed by atoms with van der Waals surface area (Å²) >= 11 is 6.05. The van der Waals surface area contributed by atoms with Gasteiger partial charge in [0.2, 0.25) is 0 Å². The molecular formula is C20H18ClN3O2. The van der Waals surface area contributed by atoms with Crippen LogP contribution in [-0.4, -0.2) is 25.8 Å². The van der Waals surface area contributed by atoms with Gasteiger partial charge in [-0.25, -0.2) is 5.43 Å². The van der Waals surface area contributed by atoms with Crippen LogP contribution in [0.3, 0.4) is 0 Å². The van der Waals surface area contributed by atoms with Gasteiger partial charge < -0.3 is 10.1 Å². The number of carbonyl (C=O) groups excluding carboxylic acids is 1. The summed E-state index contributed by atoms with van der Waals surface area (Å²) in [6.45, 7) is 0.120. The number of ether oxygens (including phenoxy) is 1. The minimum Gasteiger partial charge on any atom is -0.495 e. The van der Waals surface area contributed by atoms with Gasteiger partial charge in [-0.1, -0.05) is 48.0 Å². The smallest absolute Gasteiger partial charge is 0.259 e. The quantitative estimate of drug-likeness (QED) is 0.510. The summed E-state index contributed by atoms with van der Waals surface area (Å²) in [7, 11) is 1.55. The highest BCUT2D eigenvalue weighted by molar-refractivity contribution is 6.32. The maximum Gasteiger partial charge on any atom is 0.259 e. The van der Waals surface area contributed by atoms with Gasteiger partial charge >= 0.3 is 0 Å². The molecule has 0 spiro atoms. The van der Waals surface area contributed by atoms with Crippen LogP contribution in [0.1, 0.15) is 5.56 Å². The second-order valence-corrected chi connectivity index (χ2v) is 5.97. The van der Waals surface area contributed by atoms with Crippen molar-refractivity contribution in [2.75, 3.05) is 19.0 Å². The molecule has 5 nitrogen and oxygen atoms in total. The lowest BCUT2D eigenvalue weighted by atomic mass is 10.1. The maximum atomic E-state index is 12.0. The zero-order chi connectivity index (χ0) is 18.4. The summed E-state index contributed by atoms with van der Waals surface area (Å²) in [5.41, 5.74) is 4.16. The van der Waals surface area contributed by atoms with E-state index in [1.807, 2.05) is 42.5 Å². The molecule has 0 aliphatic carbocycles. The second kappa shape index (κ2) is 8.36. The Morgan fingerprint density at radius 1 is 1.15 bits per heavy atom. The largest absolute Gasteiger partial charge is 0.495 e. The highest BCUT2D eigenvalue weighted by atomic mass is 35.5. The minimum atomic E-state index is -0.242. The van der Waals surface area contributed by atoms with Crippen molar-refractivity contribution in [3.05, 3.63) is 71.2 Å². The van der Waals surface area contributed by atoms with Crippen LogP contribution in [0.15, 0.2) is 65.8 Å². The number of nitrogens with one attached hydrogen (secondary N) is 2. The lowest BCUT2D eigenvalue weighted by Crippen LogP contribution is -2.25. The Hall–Kier alpha value is -3.05. The third-order valence-corrected chi connectivity index (χ3v) is 4.10. The number of halogens is 1. The first-order valence-electron chi connectivity index (χ1n) is 8.04. The van der Waals surface area contributed by atoms with Crippen molar-refractivity contribution in [2.24, 2.45) is 5.10 Å². The van der Waals surface area contributed by atoms with E-state index in [-0.39, 0.29) is 12.5 Å². The summed E-state index contributed by atoms with van der Waals surface area (Å²) in [5.74, 6) is 0.348. The highest BCUT2D eigenvalue weighted by Crippen LogP contribution is 2.24. The van der Waals surface area contributed by atoms with Crippen LogP contribution in [0.25, 0.3) is 10.8 Å². The second-order valence-electron chi connectivity index (χ2n) is 5.57.